The zero-order valence-electron chi connectivity index (χ0n) is 21.8. The molecule has 0 N–H and O–H groups in total. The van der Waals surface area contributed by atoms with Crippen LogP contribution in [0.4, 0.5) is 19.3 Å². The summed E-state index contributed by atoms with van der Waals surface area (Å²) in [6.45, 7) is 10.1. The van der Waals surface area contributed by atoms with Crippen molar-refractivity contribution in [3.8, 4) is 0 Å². The minimum absolute atomic E-state index is 0.114. The first-order chi connectivity index (χ1) is 17.4. The summed E-state index contributed by atoms with van der Waals surface area (Å²) in [7, 11) is 0. The summed E-state index contributed by atoms with van der Waals surface area (Å²) in [5.41, 5.74) is 1.78. The number of aryl methyl sites for hydroxylation is 1. The van der Waals surface area contributed by atoms with E-state index in [4.69, 9.17) is 16.3 Å². The minimum Gasteiger partial charge on any atom is -0.444 e. The van der Waals surface area contributed by atoms with E-state index in [0.717, 1.165) is 17.3 Å². The standard InChI is InChI=1S/C28H34ClF2N3O3/c1-18-5-6-19(29)15-25(18)32-11-13-33(14-12-32)26(35)23-17-34(27(36)37-28(2,3)4)10-9-21(23)22-8-7-20(30)16-24(22)31/h5-8,15-16,21,23H,9-14,17H2,1-4H3/t21-,23-/m0/s1. The number of halogens is 3. The van der Waals surface area contributed by atoms with Gasteiger partial charge in [0.05, 0.1) is 5.92 Å². The van der Waals surface area contributed by atoms with Crippen LogP contribution in [-0.4, -0.2) is 66.7 Å². The molecule has 0 unspecified atom stereocenters. The van der Waals surface area contributed by atoms with E-state index in [1.54, 1.807) is 25.7 Å². The number of hydrogen-bond acceptors (Lipinski definition) is 4. The third-order valence-electron chi connectivity index (χ3n) is 7.05. The number of piperidine rings is 1. The Bertz CT molecular complexity index is 1160. The van der Waals surface area contributed by atoms with E-state index in [-0.39, 0.29) is 12.5 Å². The normalized spacial score (nSPS) is 20.7. The number of likely N-dealkylation sites (tertiary alicyclic amines) is 1. The largest absolute Gasteiger partial charge is 0.444 e. The van der Waals surface area contributed by atoms with Gasteiger partial charge in [-0.15, -0.1) is 0 Å². The maximum Gasteiger partial charge on any atom is 0.410 e. The molecular weight excluding hydrogens is 500 g/mol. The molecule has 0 spiro atoms. The number of benzene rings is 2. The lowest BCUT2D eigenvalue weighted by Gasteiger charge is -2.43. The molecule has 0 bridgehead atoms. The van der Waals surface area contributed by atoms with Gasteiger partial charge in [-0.25, -0.2) is 13.6 Å². The number of ether oxygens (including phenoxy) is 1. The van der Waals surface area contributed by atoms with Gasteiger partial charge < -0.3 is 19.4 Å². The summed E-state index contributed by atoms with van der Waals surface area (Å²) in [6, 6.07) is 9.24. The predicted octanol–water partition coefficient (Wildman–Crippen LogP) is 5.62. The van der Waals surface area contributed by atoms with Crippen molar-refractivity contribution in [2.75, 3.05) is 44.2 Å². The van der Waals surface area contributed by atoms with Gasteiger partial charge in [0.2, 0.25) is 5.91 Å². The Balaban J connectivity index is 1.53. The highest BCUT2D eigenvalue weighted by Gasteiger charge is 2.41. The van der Waals surface area contributed by atoms with Crippen LogP contribution in [0.2, 0.25) is 5.02 Å². The highest BCUT2D eigenvalue weighted by Crippen LogP contribution is 2.37. The second-order valence-electron chi connectivity index (χ2n) is 10.8. The average Bonchev–Trinajstić information content (AvgIpc) is 2.84. The molecule has 0 aliphatic carbocycles. The van der Waals surface area contributed by atoms with Gasteiger partial charge in [0.15, 0.2) is 0 Å². The molecule has 4 rings (SSSR count). The number of amides is 2. The SMILES string of the molecule is Cc1ccc(Cl)cc1N1CCN(C(=O)[C@H]2CN(C(=O)OC(C)(C)C)CC[C@H]2c2ccc(F)cc2F)CC1. The number of nitrogens with zero attached hydrogens (tertiary/aromatic N) is 3. The molecule has 2 aromatic carbocycles. The predicted molar refractivity (Wildman–Crippen MR) is 140 cm³/mol. The van der Waals surface area contributed by atoms with Gasteiger partial charge in [-0.05, 0) is 63.4 Å². The van der Waals surface area contributed by atoms with Gasteiger partial charge in [0.25, 0.3) is 0 Å². The first kappa shape index (κ1) is 27.2. The van der Waals surface area contributed by atoms with Crippen LogP contribution in [-0.2, 0) is 9.53 Å². The lowest BCUT2D eigenvalue weighted by atomic mass is 9.79. The van der Waals surface area contributed by atoms with E-state index in [1.165, 1.54) is 17.0 Å². The van der Waals surface area contributed by atoms with E-state index in [2.05, 4.69) is 4.90 Å². The van der Waals surface area contributed by atoms with Gasteiger partial charge >= 0.3 is 6.09 Å². The van der Waals surface area contributed by atoms with Crippen molar-refractivity contribution >= 4 is 29.3 Å². The van der Waals surface area contributed by atoms with Crippen LogP contribution in [0.1, 0.15) is 44.2 Å². The minimum atomic E-state index is -0.675. The maximum atomic E-state index is 14.8. The molecular formula is C28H34ClF2N3O3. The molecule has 0 aromatic heterocycles. The number of hydrogen-bond donors (Lipinski definition) is 0. The van der Waals surface area contributed by atoms with E-state index in [0.29, 0.717) is 49.7 Å². The Hall–Kier alpha value is -2.87. The Kier molecular flexibility index (Phi) is 7.97. The molecule has 6 nitrogen and oxygen atoms in total. The van der Waals surface area contributed by atoms with Crippen molar-refractivity contribution in [3.63, 3.8) is 0 Å². The van der Waals surface area contributed by atoms with Crippen LogP contribution in [0.3, 0.4) is 0 Å². The molecule has 2 fully saturated rings. The molecule has 2 aliphatic heterocycles. The van der Waals surface area contributed by atoms with E-state index in [1.807, 2.05) is 25.1 Å². The Morgan fingerprint density at radius 2 is 1.68 bits per heavy atom. The first-order valence-corrected chi connectivity index (χ1v) is 13.0. The quantitative estimate of drug-likeness (QED) is 0.514. The van der Waals surface area contributed by atoms with Gasteiger partial charge in [0, 0.05) is 62.0 Å². The lowest BCUT2D eigenvalue weighted by Crippen LogP contribution is -2.55. The highest BCUT2D eigenvalue weighted by molar-refractivity contribution is 6.30. The first-order valence-electron chi connectivity index (χ1n) is 12.7. The number of carbonyl (C=O) groups excluding carboxylic acids is 2. The molecule has 2 saturated heterocycles. The molecule has 200 valence electrons. The van der Waals surface area contributed by atoms with Crippen molar-refractivity contribution in [3.05, 3.63) is 64.2 Å². The van der Waals surface area contributed by atoms with Gasteiger partial charge in [-0.2, -0.15) is 0 Å². The van der Waals surface area contributed by atoms with Crippen molar-refractivity contribution in [2.24, 2.45) is 5.92 Å². The molecule has 2 aromatic rings. The fourth-order valence-electron chi connectivity index (χ4n) is 5.19. The zero-order chi connectivity index (χ0) is 26.9. The van der Waals surface area contributed by atoms with E-state index in [9.17, 15) is 18.4 Å². The van der Waals surface area contributed by atoms with E-state index < -0.39 is 35.2 Å². The van der Waals surface area contributed by atoms with Crippen LogP contribution in [0, 0.1) is 24.5 Å². The van der Waals surface area contributed by atoms with Gasteiger partial charge in [-0.1, -0.05) is 23.7 Å². The summed E-state index contributed by atoms with van der Waals surface area (Å²) >= 11 is 6.21. The Morgan fingerprint density at radius 3 is 2.32 bits per heavy atom. The third-order valence-corrected chi connectivity index (χ3v) is 7.28. The summed E-state index contributed by atoms with van der Waals surface area (Å²) in [5.74, 6) is -2.61. The highest BCUT2D eigenvalue weighted by atomic mass is 35.5. The number of anilines is 1. The Morgan fingerprint density at radius 1 is 0.973 bits per heavy atom. The van der Waals surface area contributed by atoms with Crippen molar-refractivity contribution in [1.82, 2.24) is 9.80 Å². The fraction of sp³-hybridized carbons (Fsp3) is 0.500. The molecule has 2 amide bonds. The molecule has 37 heavy (non-hydrogen) atoms. The summed E-state index contributed by atoms with van der Waals surface area (Å²) in [5, 5.41) is 0.660. The molecule has 0 radical (unpaired) electrons. The molecule has 2 heterocycles. The van der Waals surface area contributed by atoms with Gasteiger partial charge in [-0.3, -0.25) is 4.79 Å². The molecule has 0 saturated carbocycles. The van der Waals surface area contributed by atoms with Crippen LogP contribution in [0.25, 0.3) is 0 Å². The number of piperazine rings is 1. The summed E-state index contributed by atoms with van der Waals surface area (Å²) in [4.78, 5) is 32.2. The number of rotatable bonds is 3. The van der Waals surface area contributed by atoms with Crippen LogP contribution in [0.5, 0.6) is 0 Å². The van der Waals surface area contributed by atoms with Crippen molar-refractivity contribution < 1.29 is 23.1 Å². The van der Waals surface area contributed by atoms with Crippen LogP contribution < -0.4 is 4.90 Å². The van der Waals surface area contributed by atoms with Crippen LogP contribution in [0.15, 0.2) is 36.4 Å². The Labute approximate surface area is 222 Å². The number of carbonyl (C=O) groups is 2. The molecule has 2 atom stereocenters. The van der Waals surface area contributed by atoms with Crippen LogP contribution >= 0.6 is 11.6 Å². The monoisotopic (exact) mass is 533 g/mol. The second kappa shape index (κ2) is 10.9. The maximum absolute atomic E-state index is 14.8. The zero-order valence-corrected chi connectivity index (χ0v) is 22.5. The van der Waals surface area contributed by atoms with Gasteiger partial charge in [0.1, 0.15) is 17.2 Å². The summed E-state index contributed by atoms with van der Waals surface area (Å²) < 4.78 is 34.0. The van der Waals surface area contributed by atoms with E-state index >= 15 is 0 Å². The topological polar surface area (TPSA) is 53.1 Å². The van der Waals surface area contributed by atoms with Crippen molar-refractivity contribution in [2.45, 2.75) is 45.6 Å². The van der Waals surface area contributed by atoms with Crippen molar-refractivity contribution in [1.29, 1.82) is 0 Å². The smallest absolute Gasteiger partial charge is 0.410 e. The average molecular weight is 534 g/mol. The fourth-order valence-corrected chi connectivity index (χ4v) is 5.36. The molecule has 2 aliphatic rings. The molecule has 9 heteroatoms. The second-order valence-corrected chi connectivity index (χ2v) is 11.3. The third kappa shape index (κ3) is 6.35. The lowest BCUT2D eigenvalue weighted by molar-refractivity contribution is -0.138. The summed E-state index contributed by atoms with van der Waals surface area (Å²) in [6.07, 6.45) is -0.121.